The Balaban J connectivity index is 1.70. The minimum atomic E-state index is -0.657. The third kappa shape index (κ3) is 4.28. The first kappa shape index (κ1) is 23.7. The van der Waals surface area contributed by atoms with Crippen LogP contribution < -0.4 is 24.4 Å². The topological polar surface area (TPSA) is 79.1 Å². The fourth-order valence-electron chi connectivity index (χ4n) is 4.08. The molecule has 0 bridgehead atoms. The molecule has 2 aromatic carbocycles. The molecule has 180 valence electrons. The minimum absolute atomic E-state index is 0.128. The molecule has 0 saturated heterocycles. The fourth-order valence-corrected chi connectivity index (χ4v) is 5.73. The van der Waals surface area contributed by atoms with Gasteiger partial charge in [-0.2, -0.15) is 0 Å². The zero-order valence-corrected chi connectivity index (χ0v) is 21.6. The van der Waals surface area contributed by atoms with Gasteiger partial charge >= 0.3 is 5.97 Å². The Hall–Kier alpha value is -3.01. The SMILES string of the molecule is CCOC(=O)C1=C(C)N=c2s/c(=C\c3cc4c(cc3Cl)OCO4)c(=O)n2[C@H]1c1ccc(SC)cc1. The molecule has 0 saturated carbocycles. The van der Waals surface area contributed by atoms with Gasteiger partial charge in [0.25, 0.3) is 5.56 Å². The van der Waals surface area contributed by atoms with Crippen LogP contribution in [0.4, 0.5) is 0 Å². The van der Waals surface area contributed by atoms with E-state index in [2.05, 4.69) is 4.99 Å². The summed E-state index contributed by atoms with van der Waals surface area (Å²) < 4.78 is 18.2. The Morgan fingerprint density at radius 3 is 2.69 bits per heavy atom. The molecule has 1 atom stereocenters. The van der Waals surface area contributed by atoms with E-state index in [0.717, 1.165) is 10.5 Å². The van der Waals surface area contributed by atoms with Gasteiger partial charge < -0.3 is 14.2 Å². The van der Waals surface area contributed by atoms with Crippen LogP contribution in [0.2, 0.25) is 5.02 Å². The highest BCUT2D eigenvalue weighted by Crippen LogP contribution is 2.37. The van der Waals surface area contributed by atoms with Crippen molar-refractivity contribution in [2.45, 2.75) is 24.8 Å². The summed E-state index contributed by atoms with van der Waals surface area (Å²) in [5.74, 6) is 0.651. The summed E-state index contributed by atoms with van der Waals surface area (Å²) in [6, 6.07) is 10.6. The van der Waals surface area contributed by atoms with Crippen molar-refractivity contribution in [3.8, 4) is 11.5 Å². The standard InChI is InChI=1S/C25H21ClN2O5S2/c1-4-31-24(30)21-13(2)27-25-28(22(21)14-5-7-16(34-3)8-6-14)23(29)20(35-25)10-15-9-18-19(11-17(15)26)33-12-32-18/h5-11,22H,4,12H2,1-3H3/b20-10-/t22-/m0/s1. The quantitative estimate of drug-likeness (QED) is 0.369. The number of esters is 1. The molecular weight excluding hydrogens is 508 g/mol. The largest absolute Gasteiger partial charge is 0.463 e. The van der Waals surface area contributed by atoms with Gasteiger partial charge in [0.05, 0.1) is 33.5 Å². The van der Waals surface area contributed by atoms with E-state index in [4.69, 9.17) is 25.8 Å². The zero-order valence-electron chi connectivity index (χ0n) is 19.2. The molecule has 5 rings (SSSR count). The highest BCUT2D eigenvalue weighted by atomic mass is 35.5. The highest BCUT2D eigenvalue weighted by molar-refractivity contribution is 7.98. The van der Waals surface area contributed by atoms with Crippen molar-refractivity contribution in [1.82, 2.24) is 4.57 Å². The molecular formula is C25H21ClN2O5S2. The lowest BCUT2D eigenvalue weighted by atomic mass is 9.96. The van der Waals surface area contributed by atoms with Crippen LogP contribution in [-0.4, -0.2) is 30.2 Å². The zero-order chi connectivity index (χ0) is 24.7. The molecule has 2 aliphatic heterocycles. The molecule has 0 radical (unpaired) electrons. The van der Waals surface area contributed by atoms with E-state index in [1.807, 2.05) is 30.5 Å². The number of allylic oxidation sites excluding steroid dienone is 1. The number of benzene rings is 2. The van der Waals surface area contributed by atoms with E-state index in [-0.39, 0.29) is 19.0 Å². The van der Waals surface area contributed by atoms with E-state index in [9.17, 15) is 9.59 Å². The van der Waals surface area contributed by atoms with Gasteiger partial charge in [-0.05, 0) is 55.5 Å². The summed E-state index contributed by atoms with van der Waals surface area (Å²) in [5, 5.41) is 0.438. The van der Waals surface area contributed by atoms with Gasteiger partial charge in [-0.15, -0.1) is 11.8 Å². The van der Waals surface area contributed by atoms with Crippen LogP contribution in [0.1, 0.15) is 31.0 Å². The first-order valence-electron chi connectivity index (χ1n) is 10.8. The molecule has 0 fully saturated rings. The van der Waals surface area contributed by atoms with E-state index < -0.39 is 12.0 Å². The van der Waals surface area contributed by atoms with Crippen molar-refractivity contribution in [2.75, 3.05) is 19.7 Å². The average Bonchev–Trinajstić information content (AvgIpc) is 3.42. The molecule has 1 aromatic heterocycles. The molecule has 2 aliphatic rings. The summed E-state index contributed by atoms with van der Waals surface area (Å²) in [6.45, 7) is 3.87. The number of aromatic nitrogens is 1. The second-order valence-electron chi connectivity index (χ2n) is 7.80. The first-order valence-corrected chi connectivity index (χ1v) is 13.3. The number of halogens is 1. The molecule has 3 aromatic rings. The normalized spacial score (nSPS) is 16.8. The number of fused-ring (bicyclic) bond motifs is 2. The van der Waals surface area contributed by atoms with Gasteiger partial charge in [-0.1, -0.05) is 35.1 Å². The number of thiazole rings is 1. The first-order chi connectivity index (χ1) is 16.9. The van der Waals surface area contributed by atoms with Crippen molar-refractivity contribution in [1.29, 1.82) is 0 Å². The van der Waals surface area contributed by atoms with E-state index in [1.165, 1.54) is 11.3 Å². The minimum Gasteiger partial charge on any atom is -0.463 e. The van der Waals surface area contributed by atoms with Crippen LogP contribution in [0.3, 0.4) is 0 Å². The molecule has 0 N–H and O–H groups in total. The van der Waals surface area contributed by atoms with Gasteiger partial charge in [0.1, 0.15) is 0 Å². The molecule has 35 heavy (non-hydrogen) atoms. The van der Waals surface area contributed by atoms with Gasteiger partial charge in [0.2, 0.25) is 6.79 Å². The summed E-state index contributed by atoms with van der Waals surface area (Å²) in [7, 11) is 0. The third-order valence-electron chi connectivity index (χ3n) is 5.73. The second-order valence-corrected chi connectivity index (χ2v) is 10.1. The maximum Gasteiger partial charge on any atom is 0.338 e. The highest BCUT2D eigenvalue weighted by Gasteiger charge is 2.33. The van der Waals surface area contributed by atoms with Crippen LogP contribution in [0.25, 0.3) is 6.08 Å². The summed E-state index contributed by atoms with van der Waals surface area (Å²) in [5.41, 5.74) is 2.04. The van der Waals surface area contributed by atoms with Crippen LogP contribution in [0.5, 0.6) is 11.5 Å². The van der Waals surface area contributed by atoms with E-state index in [1.54, 1.807) is 48.4 Å². The summed E-state index contributed by atoms with van der Waals surface area (Å²) >= 11 is 9.31. The van der Waals surface area contributed by atoms with Crippen molar-refractivity contribution < 1.29 is 19.0 Å². The number of hydrogen-bond acceptors (Lipinski definition) is 8. The maximum absolute atomic E-state index is 13.7. The Labute approximate surface area is 214 Å². The van der Waals surface area contributed by atoms with Crippen LogP contribution >= 0.6 is 34.7 Å². The predicted octanol–water partition coefficient (Wildman–Crippen LogP) is 3.90. The third-order valence-corrected chi connectivity index (χ3v) is 7.78. The van der Waals surface area contributed by atoms with Crippen molar-refractivity contribution in [2.24, 2.45) is 4.99 Å². The lowest BCUT2D eigenvalue weighted by Crippen LogP contribution is -2.39. The molecule has 3 heterocycles. The number of carbonyl (C=O) groups is 1. The lowest BCUT2D eigenvalue weighted by Gasteiger charge is -2.24. The van der Waals surface area contributed by atoms with Crippen LogP contribution in [-0.2, 0) is 9.53 Å². The van der Waals surface area contributed by atoms with Crippen molar-refractivity contribution in [3.05, 3.63) is 83.5 Å². The Morgan fingerprint density at radius 1 is 1.29 bits per heavy atom. The Morgan fingerprint density at radius 2 is 2.00 bits per heavy atom. The number of carbonyl (C=O) groups excluding carboxylic acids is 1. The molecule has 0 amide bonds. The molecule has 7 nitrogen and oxygen atoms in total. The van der Waals surface area contributed by atoms with Gasteiger partial charge in [0.15, 0.2) is 16.3 Å². The monoisotopic (exact) mass is 528 g/mol. The van der Waals surface area contributed by atoms with E-state index in [0.29, 0.717) is 42.7 Å². The van der Waals surface area contributed by atoms with Crippen LogP contribution in [0.15, 0.2) is 62.4 Å². The number of nitrogens with zero attached hydrogens (tertiary/aromatic N) is 2. The fraction of sp³-hybridized carbons (Fsp3) is 0.240. The maximum atomic E-state index is 13.7. The Bertz CT molecular complexity index is 1540. The van der Waals surface area contributed by atoms with Crippen molar-refractivity contribution >= 4 is 46.7 Å². The average molecular weight is 529 g/mol. The summed E-state index contributed by atoms with van der Waals surface area (Å²) in [6.07, 6.45) is 3.71. The van der Waals surface area contributed by atoms with Gasteiger partial charge in [0, 0.05) is 11.0 Å². The predicted molar refractivity (Wildman–Crippen MR) is 136 cm³/mol. The Kier molecular flexibility index (Phi) is 6.48. The molecule has 0 spiro atoms. The number of rotatable bonds is 5. The van der Waals surface area contributed by atoms with Crippen molar-refractivity contribution in [3.63, 3.8) is 0 Å². The van der Waals surface area contributed by atoms with Crippen LogP contribution in [0, 0.1) is 0 Å². The number of ether oxygens (including phenoxy) is 3. The molecule has 0 unspecified atom stereocenters. The lowest BCUT2D eigenvalue weighted by molar-refractivity contribution is -0.139. The van der Waals surface area contributed by atoms with E-state index >= 15 is 0 Å². The number of thioether (sulfide) groups is 1. The van der Waals surface area contributed by atoms with Gasteiger partial charge in [-0.25, -0.2) is 9.79 Å². The number of hydrogen-bond donors (Lipinski definition) is 0. The smallest absolute Gasteiger partial charge is 0.338 e. The van der Waals surface area contributed by atoms with Gasteiger partial charge in [-0.3, -0.25) is 9.36 Å². The molecule has 10 heteroatoms. The molecule has 0 aliphatic carbocycles. The second kappa shape index (κ2) is 9.56. The summed E-state index contributed by atoms with van der Waals surface area (Å²) in [4.78, 5) is 32.9.